The van der Waals surface area contributed by atoms with E-state index in [0.29, 0.717) is 19.0 Å². The van der Waals surface area contributed by atoms with Crippen LogP contribution >= 0.6 is 0 Å². The molecule has 1 aromatic heterocycles. The van der Waals surface area contributed by atoms with Gasteiger partial charge in [0.25, 0.3) is 0 Å². The summed E-state index contributed by atoms with van der Waals surface area (Å²) < 4.78 is 5.70. The van der Waals surface area contributed by atoms with Crippen LogP contribution in [-0.4, -0.2) is 48.4 Å². The second-order valence-electron chi connectivity index (χ2n) is 4.94. The summed E-state index contributed by atoms with van der Waals surface area (Å²) in [5, 5.41) is 0. The third-order valence-corrected chi connectivity index (χ3v) is 2.92. The first-order valence-electron chi connectivity index (χ1n) is 6.45. The van der Waals surface area contributed by atoms with Crippen molar-refractivity contribution < 1.29 is 9.21 Å². The topological polar surface area (TPSA) is 49.6 Å². The smallest absolute Gasteiger partial charge is 0.236 e. The Morgan fingerprint density at radius 3 is 2.55 bits per heavy atom. The lowest BCUT2D eigenvalue weighted by molar-refractivity contribution is -0.129. The molecule has 0 radical (unpaired) electrons. The third-order valence-electron chi connectivity index (χ3n) is 2.92. The van der Waals surface area contributed by atoms with Gasteiger partial charge in [0.05, 0.1) is 19.3 Å². The number of carbonyl (C=O) groups excluding carboxylic acids is 1. The van der Waals surface area contributed by atoms with Crippen LogP contribution in [0.1, 0.15) is 5.89 Å². The van der Waals surface area contributed by atoms with Crippen molar-refractivity contribution in [1.29, 1.82) is 0 Å². The molecule has 0 N–H and O–H groups in total. The van der Waals surface area contributed by atoms with Gasteiger partial charge in [-0.05, 0) is 7.05 Å². The first kappa shape index (κ1) is 14.3. The summed E-state index contributed by atoms with van der Waals surface area (Å²) in [6.45, 7) is 0.850. The van der Waals surface area contributed by atoms with Gasteiger partial charge in [-0.15, -0.1) is 0 Å². The Labute approximate surface area is 118 Å². The van der Waals surface area contributed by atoms with Crippen LogP contribution in [0.25, 0.3) is 11.3 Å². The van der Waals surface area contributed by atoms with Crippen LogP contribution in [0.2, 0.25) is 0 Å². The molecule has 2 rings (SSSR count). The molecule has 1 aromatic carbocycles. The second-order valence-corrected chi connectivity index (χ2v) is 4.94. The first-order valence-corrected chi connectivity index (χ1v) is 6.45. The molecular formula is C15H19N3O2. The van der Waals surface area contributed by atoms with Gasteiger partial charge in [0.15, 0.2) is 5.76 Å². The number of benzene rings is 1. The van der Waals surface area contributed by atoms with E-state index in [4.69, 9.17) is 4.42 Å². The predicted octanol–water partition coefficient (Wildman–Crippen LogP) is 1.86. The molecular weight excluding hydrogens is 254 g/mol. The van der Waals surface area contributed by atoms with Gasteiger partial charge in [-0.3, -0.25) is 9.69 Å². The summed E-state index contributed by atoms with van der Waals surface area (Å²) in [4.78, 5) is 19.3. The van der Waals surface area contributed by atoms with E-state index in [2.05, 4.69) is 4.98 Å². The molecule has 0 atom stereocenters. The predicted molar refractivity (Wildman–Crippen MR) is 77.0 cm³/mol. The van der Waals surface area contributed by atoms with E-state index in [0.717, 1.165) is 11.3 Å². The van der Waals surface area contributed by atoms with Crippen molar-refractivity contribution in [2.45, 2.75) is 6.54 Å². The molecule has 0 spiro atoms. The molecule has 0 bridgehead atoms. The lowest BCUT2D eigenvalue weighted by atomic mass is 10.2. The highest BCUT2D eigenvalue weighted by atomic mass is 16.4. The summed E-state index contributed by atoms with van der Waals surface area (Å²) in [7, 11) is 5.36. The monoisotopic (exact) mass is 273 g/mol. The van der Waals surface area contributed by atoms with Gasteiger partial charge in [-0.2, -0.15) is 0 Å². The lowest BCUT2D eigenvalue weighted by Gasteiger charge is -2.17. The van der Waals surface area contributed by atoms with Crippen LogP contribution in [0.4, 0.5) is 0 Å². The second kappa shape index (κ2) is 6.34. The van der Waals surface area contributed by atoms with Crippen LogP contribution in [0, 0.1) is 0 Å². The van der Waals surface area contributed by atoms with Crippen molar-refractivity contribution in [2.75, 3.05) is 27.7 Å². The average Bonchev–Trinajstić information content (AvgIpc) is 2.88. The minimum Gasteiger partial charge on any atom is -0.439 e. The van der Waals surface area contributed by atoms with Crippen LogP contribution < -0.4 is 0 Å². The maximum atomic E-state index is 11.6. The van der Waals surface area contributed by atoms with E-state index in [1.807, 2.05) is 42.3 Å². The minimum atomic E-state index is 0.0577. The molecule has 0 aliphatic heterocycles. The molecule has 0 fully saturated rings. The quantitative estimate of drug-likeness (QED) is 0.834. The number of rotatable bonds is 5. The fraction of sp³-hybridized carbons (Fsp3) is 0.333. The average molecular weight is 273 g/mol. The van der Waals surface area contributed by atoms with Crippen LogP contribution in [0.3, 0.4) is 0 Å². The number of likely N-dealkylation sites (N-methyl/N-ethyl adjacent to an activating group) is 2. The molecule has 2 aromatic rings. The maximum Gasteiger partial charge on any atom is 0.236 e. The molecule has 106 valence electrons. The van der Waals surface area contributed by atoms with Crippen molar-refractivity contribution in [2.24, 2.45) is 0 Å². The van der Waals surface area contributed by atoms with E-state index in [-0.39, 0.29) is 5.91 Å². The Hall–Kier alpha value is -2.14. The molecule has 0 unspecified atom stereocenters. The van der Waals surface area contributed by atoms with E-state index >= 15 is 0 Å². The summed E-state index contributed by atoms with van der Waals surface area (Å²) in [5.41, 5.74) is 0.998. The van der Waals surface area contributed by atoms with E-state index in [9.17, 15) is 4.79 Å². The molecule has 0 saturated carbocycles. The van der Waals surface area contributed by atoms with Gasteiger partial charge in [-0.25, -0.2) is 4.98 Å². The SMILES string of the molecule is CN(CC(=O)N(C)C)Cc1ncc(-c2ccccc2)o1. The lowest BCUT2D eigenvalue weighted by Crippen LogP contribution is -2.34. The largest absolute Gasteiger partial charge is 0.439 e. The van der Waals surface area contributed by atoms with Crippen molar-refractivity contribution in [3.8, 4) is 11.3 Å². The van der Waals surface area contributed by atoms with Gasteiger partial charge >= 0.3 is 0 Å². The van der Waals surface area contributed by atoms with Crippen molar-refractivity contribution >= 4 is 5.91 Å². The Morgan fingerprint density at radius 2 is 1.90 bits per heavy atom. The van der Waals surface area contributed by atoms with Gasteiger partial charge in [0.1, 0.15) is 0 Å². The van der Waals surface area contributed by atoms with Crippen molar-refractivity contribution in [1.82, 2.24) is 14.8 Å². The molecule has 0 aliphatic carbocycles. The van der Waals surface area contributed by atoms with Crippen molar-refractivity contribution in [3.63, 3.8) is 0 Å². The molecule has 20 heavy (non-hydrogen) atoms. The Bertz CT molecular complexity index is 564. The molecule has 5 heteroatoms. The summed E-state index contributed by atoms with van der Waals surface area (Å²) in [5.74, 6) is 1.41. The van der Waals surface area contributed by atoms with E-state index < -0.39 is 0 Å². The zero-order valence-electron chi connectivity index (χ0n) is 12.0. The fourth-order valence-electron chi connectivity index (χ4n) is 1.78. The van der Waals surface area contributed by atoms with Gasteiger partial charge in [0.2, 0.25) is 11.8 Å². The highest BCUT2D eigenvalue weighted by Crippen LogP contribution is 2.20. The molecule has 1 amide bonds. The molecule has 0 aliphatic rings. The van der Waals surface area contributed by atoms with Gasteiger partial charge < -0.3 is 9.32 Å². The number of hydrogen-bond donors (Lipinski definition) is 0. The minimum absolute atomic E-state index is 0.0577. The number of oxazole rings is 1. The zero-order chi connectivity index (χ0) is 14.5. The Balaban J connectivity index is 1.98. The fourth-order valence-corrected chi connectivity index (χ4v) is 1.78. The first-order chi connectivity index (χ1) is 9.56. The third kappa shape index (κ3) is 3.68. The number of aromatic nitrogens is 1. The van der Waals surface area contributed by atoms with E-state index in [1.165, 1.54) is 0 Å². The molecule has 5 nitrogen and oxygen atoms in total. The number of hydrogen-bond acceptors (Lipinski definition) is 4. The normalized spacial score (nSPS) is 10.8. The van der Waals surface area contributed by atoms with Gasteiger partial charge in [0, 0.05) is 19.7 Å². The Morgan fingerprint density at radius 1 is 1.20 bits per heavy atom. The van der Waals surface area contributed by atoms with Crippen LogP contribution in [-0.2, 0) is 11.3 Å². The standard InChI is InChI=1S/C15H19N3O2/c1-17(2)15(19)11-18(3)10-14-16-9-13(20-14)12-7-5-4-6-8-12/h4-9H,10-11H2,1-3H3. The van der Waals surface area contributed by atoms with E-state index in [1.54, 1.807) is 25.2 Å². The Kier molecular flexibility index (Phi) is 4.53. The highest BCUT2D eigenvalue weighted by Gasteiger charge is 2.12. The number of amides is 1. The summed E-state index contributed by atoms with van der Waals surface area (Å²) >= 11 is 0. The zero-order valence-corrected chi connectivity index (χ0v) is 12.0. The highest BCUT2D eigenvalue weighted by molar-refractivity contribution is 5.77. The summed E-state index contributed by atoms with van der Waals surface area (Å²) in [6.07, 6.45) is 1.71. The van der Waals surface area contributed by atoms with Crippen molar-refractivity contribution in [3.05, 3.63) is 42.4 Å². The van der Waals surface area contributed by atoms with Crippen LogP contribution in [0.5, 0.6) is 0 Å². The summed E-state index contributed by atoms with van der Waals surface area (Å²) in [6, 6.07) is 9.83. The van der Waals surface area contributed by atoms with Crippen LogP contribution in [0.15, 0.2) is 40.9 Å². The molecule has 1 heterocycles. The molecule has 0 saturated heterocycles. The maximum absolute atomic E-state index is 11.6. The number of carbonyl (C=O) groups is 1. The van der Waals surface area contributed by atoms with Gasteiger partial charge in [-0.1, -0.05) is 30.3 Å². The number of nitrogens with zero attached hydrogens (tertiary/aromatic N) is 3.